The summed E-state index contributed by atoms with van der Waals surface area (Å²) in [5.74, 6) is 0. The quantitative estimate of drug-likeness (QED) is 0.850. The Hall–Kier alpha value is -1.13. The van der Waals surface area contributed by atoms with E-state index in [-0.39, 0.29) is 0 Å². The van der Waals surface area contributed by atoms with Gasteiger partial charge in [-0.05, 0) is 31.0 Å². The number of morpholine rings is 1. The van der Waals surface area contributed by atoms with Crippen molar-refractivity contribution in [1.29, 1.82) is 0 Å². The van der Waals surface area contributed by atoms with Crippen molar-refractivity contribution >= 4 is 22.9 Å². The van der Waals surface area contributed by atoms with Gasteiger partial charge >= 0.3 is 0 Å². The Morgan fingerprint density at radius 1 is 1.56 bits per heavy atom. The Bertz CT molecular complexity index is 447. The highest BCUT2D eigenvalue weighted by Crippen LogP contribution is 2.26. The van der Waals surface area contributed by atoms with Gasteiger partial charge in [0.2, 0.25) is 0 Å². The van der Waals surface area contributed by atoms with Gasteiger partial charge in [0.25, 0.3) is 0 Å². The highest BCUT2D eigenvalue weighted by Gasteiger charge is 2.24. The van der Waals surface area contributed by atoms with E-state index in [0.29, 0.717) is 11.0 Å². The van der Waals surface area contributed by atoms with Crippen LogP contribution in [-0.2, 0) is 4.74 Å². The second-order valence-electron chi connectivity index (χ2n) is 4.72. The van der Waals surface area contributed by atoms with Crippen LogP contribution in [0.1, 0.15) is 24.5 Å². The molecule has 1 aromatic rings. The molecule has 3 nitrogen and oxygen atoms in total. The minimum absolute atomic E-state index is 0.411. The number of hydrogen-bond donors (Lipinski definition) is 1. The van der Waals surface area contributed by atoms with Crippen LogP contribution in [0.5, 0.6) is 0 Å². The molecule has 1 unspecified atom stereocenters. The summed E-state index contributed by atoms with van der Waals surface area (Å²) in [5.41, 5.74) is 9.18. The average Bonchev–Trinajstić information content (AvgIpc) is 2.38. The number of anilines is 1. The van der Waals surface area contributed by atoms with Crippen LogP contribution in [0.4, 0.5) is 5.69 Å². The molecular formula is C14H20N2OS. The smallest absolute Gasteiger partial charge is 0.106 e. The molecular weight excluding hydrogens is 244 g/mol. The molecule has 2 N–H and O–H groups in total. The predicted octanol–water partition coefficient (Wildman–Crippen LogP) is 2.24. The first-order valence-corrected chi connectivity index (χ1v) is 6.79. The Balaban J connectivity index is 2.41. The fourth-order valence-corrected chi connectivity index (χ4v) is 2.57. The van der Waals surface area contributed by atoms with Crippen molar-refractivity contribution in [3.05, 3.63) is 29.3 Å². The topological polar surface area (TPSA) is 38.5 Å². The highest BCUT2D eigenvalue weighted by atomic mass is 32.1. The van der Waals surface area contributed by atoms with Crippen molar-refractivity contribution in [2.45, 2.75) is 26.3 Å². The number of nitrogens with two attached hydrogens (primary N) is 1. The molecule has 1 fully saturated rings. The third-order valence-corrected chi connectivity index (χ3v) is 3.65. The predicted molar refractivity (Wildman–Crippen MR) is 79.3 cm³/mol. The molecule has 0 aromatic heterocycles. The molecule has 0 radical (unpaired) electrons. The molecule has 4 heteroatoms. The van der Waals surface area contributed by atoms with Crippen LogP contribution in [0, 0.1) is 6.92 Å². The van der Waals surface area contributed by atoms with Gasteiger partial charge in [-0.25, -0.2) is 0 Å². The van der Waals surface area contributed by atoms with Crippen LogP contribution in [0.25, 0.3) is 0 Å². The van der Waals surface area contributed by atoms with Crippen LogP contribution in [0.2, 0.25) is 0 Å². The van der Waals surface area contributed by atoms with Gasteiger partial charge in [-0.3, -0.25) is 0 Å². The van der Waals surface area contributed by atoms with E-state index in [1.165, 1.54) is 5.56 Å². The van der Waals surface area contributed by atoms with Gasteiger partial charge in [-0.1, -0.05) is 25.2 Å². The number of ether oxygens (including phenoxy) is 1. The number of nitrogens with zero attached hydrogens (tertiary/aromatic N) is 1. The number of benzene rings is 1. The lowest BCUT2D eigenvalue weighted by molar-refractivity contribution is 0.0930. The fourth-order valence-electron chi connectivity index (χ4n) is 2.40. The van der Waals surface area contributed by atoms with E-state index in [4.69, 9.17) is 22.7 Å². The Kier molecular flexibility index (Phi) is 4.19. The van der Waals surface area contributed by atoms with Gasteiger partial charge in [0.05, 0.1) is 19.3 Å². The second-order valence-corrected chi connectivity index (χ2v) is 5.16. The maximum absolute atomic E-state index is 5.83. The van der Waals surface area contributed by atoms with Crippen LogP contribution >= 0.6 is 12.2 Å². The SMILES string of the molecule is CCC1COCCN1c1cc(C)ccc1C(N)=S. The van der Waals surface area contributed by atoms with Crippen LogP contribution < -0.4 is 10.6 Å². The normalized spacial score (nSPS) is 19.9. The maximum atomic E-state index is 5.83. The summed E-state index contributed by atoms with van der Waals surface area (Å²) in [6, 6.07) is 6.66. The molecule has 0 saturated carbocycles. The lowest BCUT2D eigenvalue weighted by Gasteiger charge is -2.38. The van der Waals surface area contributed by atoms with Gasteiger partial charge in [-0.2, -0.15) is 0 Å². The zero-order chi connectivity index (χ0) is 13.1. The fraction of sp³-hybridized carbons (Fsp3) is 0.500. The molecule has 1 aliphatic rings. The lowest BCUT2D eigenvalue weighted by atomic mass is 10.0. The van der Waals surface area contributed by atoms with Crippen molar-refractivity contribution in [3.63, 3.8) is 0 Å². The molecule has 98 valence electrons. The molecule has 0 amide bonds. The number of thiocarbonyl (C=S) groups is 1. The van der Waals surface area contributed by atoms with Gasteiger partial charge in [0, 0.05) is 17.8 Å². The summed E-state index contributed by atoms with van der Waals surface area (Å²) in [5, 5.41) is 0. The van der Waals surface area contributed by atoms with Crippen molar-refractivity contribution in [2.24, 2.45) is 5.73 Å². The largest absolute Gasteiger partial charge is 0.389 e. The lowest BCUT2D eigenvalue weighted by Crippen LogP contribution is -2.46. The number of aryl methyl sites for hydroxylation is 1. The first-order chi connectivity index (χ1) is 8.63. The number of rotatable bonds is 3. The summed E-state index contributed by atoms with van der Waals surface area (Å²) in [6.07, 6.45) is 1.06. The zero-order valence-corrected chi connectivity index (χ0v) is 11.8. The highest BCUT2D eigenvalue weighted by molar-refractivity contribution is 7.80. The molecule has 2 rings (SSSR count). The molecule has 18 heavy (non-hydrogen) atoms. The molecule has 0 aliphatic carbocycles. The van der Waals surface area contributed by atoms with Gasteiger partial charge in [-0.15, -0.1) is 0 Å². The Morgan fingerprint density at radius 3 is 3.00 bits per heavy atom. The second kappa shape index (κ2) is 5.67. The molecule has 1 saturated heterocycles. The third-order valence-electron chi connectivity index (χ3n) is 3.43. The van der Waals surface area contributed by atoms with E-state index in [0.717, 1.165) is 37.4 Å². The summed E-state index contributed by atoms with van der Waals surface area (Å²) < 4.78 is 5.55. The van der Waals surface area contributed by atoms with E-state index >= 15 is 0 Å². The first kappa shape index (κ1) is 13.3. The van der Waals surface area contributed by atoms with E-state index in [1.54, 1.807) is 0 Å². The Morgan fingerprint density at radius 2 is 2.33 bits per heavy atom. The molecule has 0 spiro atoms. The standard InChI is InChI=1S/C14H20N2OS/c1-3-11-9-17-7-6-16(11)13-8-10(2)4-5-12(13)14(15)18/h4-5,8,11H,3,6-7,9H2,1-2H3,(H2,15,18). The number of hydrogen-bond acceptors (Lipinski definition) is 3. The van der Waals surface area contributed by atoms with E-state index in [2.05, 4.69) is 30.9 Å². The Labute approximate surface area is 114 Å². The summed E-state index contributed by atoms with van der Waals surface area (Å²) in [6.45, 7) is 6.72. The molecule has 0 bridgehead atoms. The van der Waals surface area contributed by atoms with Gasteiger partial charge in [0.15, 0.2) is 0 Å². The molecule has 1 aromatic carbocycles. The summed E-state index contributed by atoms with van der Waals surface area (Å²) in [7, 11) is 0. The molecule has 1 heterocycles. The minimum Gasteiger partial charge on any atom is -0.389 e. The molecule has 1 aliphatic heterocycles. The third kappa shape index (κ3) is 2.65. The van der Waals surface area contributed by atoms with Crippen LogP contribution in [0.3, 0.4) is 0 Å². The average molecular weight is 264 g/mol. The van der Waals surface area contributed by atoms with E-state index in [9.17, 15) is 0 Å². The van der Waals surface area contributed by atoms with Gasteiger partial charge in [0.1, 0.15) is 4.99 Å². The summed E-state index contributed by atoms with van der Waals surface area (Å²) in [4.78, 5) is 2.84. The van der Waals surface area contributed by atoms with Gasteiger partial charge < -0.3 is 15.4 Å². The van der Waals surface area contributed by atoms with E-state index < -0.39 is 0 Å². The van der Waals surface area contributed by atoms with Crippen LogP contribution in [-0.4, -0.2) is 30.8 Å². The molecule has 1 atom stereocenters. The van der Waals surface area contributed by atoms with E-state index in [1.807, 2.05) is 6.07 Å². The summed E-state index contributed by atoms with van der Waals surface area (Å²) >= 11 is 5.16. The van der Waals surface area contributed by atoms with Crippen molar-refractivity contribution in [1.82, 2.24) is 0 Å². The van der Waals surface area contributed by atoms with Crippen molar-refractivity contribution in [3.8, 4) is 0 Å². The van der Waals surface area contributed by atoms with Crippen molar-refractivity contribution in [2.75, 3.05) is 24.7 Å². The maximum Gasteiger partial charge on any atom is 0.106 e. The van der Waals surface area contributed by atoms with Crippen LogP contribution in [0.15, 0.2) is 18.2 Å². The van der Waals surface area contributed by atoms with Crippen molar-refractivity contribution < 1.29 is 4.74 Å². The first-order valence-electron chi connectivity index (χ1n) is 6.38. The zero-order valence-electron chi connectivity index (χ0n) is 11.0. The minimum atomic E-state index is 0.411. The monoisotopic (exact) mass is 264 g/mol.